The van der Waals surface area contributed by atoms with Crippen molar-refractivity contribution in [2.75, 3.05) is 18.1 Å². The molecule has 0 aromatic rings. The Bertz CT molecular complexity index is 382. The molecule has 0 aromatic carbocycles. The largest absolute Gasteiger partial charge is 0.370 e. The molecular formula is C11H23N3O2S. The van der Waals surface area contributed by atoms with E-state index in [-0.39, 0.29) is 17.2 Å². The third-order valence-corrected chi connectivity index (χ3v) is 4.47. The summed E-state index contributed by atoms with van der Waals surface area (Å²) in [6.45, 7) is 6.50. The minimum atomic E-state index is -2.85. The highest BCUT2D eigenvalue weighted by atomic mass is 32.2. The van der Waals surface area contributed by atoms with E-state index in [1.807, 2.05) is 20.8 Å². The lowest BCUT2D eigenvalue weighted by Crippen LogP contribution is -2.45. The Labute approximate surface area is 104 Å². The lowest BCUT2D eigenvalue weighted by atomic mass is 10.1. The maximum absolute atomic E-state index is 11.4. The third kappa shape index (κ3) is 5.91. The molecule has 1 aliphatic rings. The van der Waals surface area contributed by atoms with Crippen LogP contribution < -0.4 is 11.1 Å². The fourth-order valence-corrected chi connectivity index (χ4v) is 3.68. The lowest BCUT2D eigenvalue weighted by Gasteiger charge is -2.23. The maximum Gasteiger partial charge on any atom is 0.188 e. The van der Waals surface area contributed by atoms with Crippen molar-refractivity contribution < 1.29 is 8.42 Å². The SMILES string of the molecule is CC(C)(C)NC(N)=NCC1CCCS(=O)(=O)C1. The van der Waals surface area contributed by atoms with Crippen LogP contribution in [0, 0.1) is 5.92 Å². The molecule has 0 aromatic heterocycles. The molecule has 17 heavy (non-hydrogen) atoms. The summed E-state index contributed by atoms with van der Waals surface area (Å²) in [5.74, 6) is 1.08. The van der Waals surface area contributed by atoms with Crippen molar-refractivity contribution >= 4 is 15.8 Å². The van der Waals surface area contributed by atoms with Crippen LogP contribution in [-0.4, -0.2) is 38.0 Å². The molecule has 0 spiro atoms. The van der Waals surface area contributed by atoms with E-state index in [9.17, 15) is 8.42 Å². The zero-order valence-electron chi connectivity index (χ0n) is 10.9. The summed E-state index contributed by atoms with van der Waals surface area (Å²) in [5.41, 5.74) is 5.62. The van der Waals surface area contributed by atoms with Crippen molar-refractivity contribution in [3.05, 3.63) is 0 Å². The molecule has 100 valence electrons. The fraction of sp³-hybridized carbons (Fsp3) is 0.909. The van der Waals surface area contributed by atoms with Crippen molar-refractivity contribution in [3.8, 4) is 0 Å². The van der Waals surface area contributed by atoms with Crippen LogP contribution in [0.4, 0.5) is 0 Å². The molecule has 1 fully saturated rings. The summed E-state index contributed by atoms with van der Waals surface area (Å²) in [7, 11) is -2.85. The Morgan fingerprint density at radius 3 is 2.65 bits per heavy atom. The number of guanidine groups is 1. The van der Waals surface area contributed by atoms with Gasteiger partial charge in [-0.2, -0.15) is 0 Å². The first-order valence-electron chi connectivity index (χ1n) is 5.96. The van der Waals surface area contributed by atoms with Gasteiger partial charge in [0, 0.05) is 12.1 Å². The van der Waals surface area contributed by atoms with Crippen molar-refractivity contribution in [3.63, 3.8) is 0 Å². The van der Waals surface area contributed by atoms with E-state index in [1.54, 1.807) is 0 Å². The summed E-state index contributed by atoms with van der Waals surface area (Å²) in [4.78, 5) is 4.22. The lowest BCUT2D eigenvalue weighted by molar-refractivity contribution is 0.485. The average Bonchev–Trinajstić information content (AvgIpc) is 2.10. The minimum absolute atomic E-state index is 0.119. The third-order valence-electron chi connectivity index (χ3n) is 2.58. The molecule has 0 bridgehead atoms. The standard InChI is InChI=1S/C11H23N3O2S/c1-11(2,3)14-10(12)13-7-9-5-4-6-17(15,16)8-9/h9H,4-8H2,1-3H3,(H3,12,13,14). The monoisotopic (exact) mass is 261 g/mol. The molecule has 0 saturated carbocycles. The van der Waals surface area contributed by atoms with Gasteiger partial charge < -0.3 is 11.1 Å². The van der Waals surface area contributed by atoms with Gasteiger partial charge in [-0.15, -0.1) is 0 Å². The highest BCUT2D eigenvalue weighted by Gasteiger charge is 2.24. The molecule has 3 N–H and O–H groups in total. The average molecular weight is 261 g/mol. The summed E-state index contributed by atoms with van der Waals surface area (Å²) in [6, 6.07) is 0. The van der Waals surface area contributed by atoms with Crippen LogP contribution in [0.15, 0.2) is 4.99 Å². The van der Waals surface area contributed by atoms with Crippen LogP contribution in [0.3, 0.4) is 0 Å². The number of hydrogen-bond acceptors (Lipinski definition) is 3. The van der Waals surface area contributed by atoms with Crippen molar-refractivity contribution in [2.24, 2.45) is 16.6 Å². The second-order valence-electron chi connectivity index (χ2n) is 5.72. The van der Waals surface area contributed by atoms with E-state index in [0.29, 0.717) is 18.3 Å². The quantitative estimate of drug-likeness (QED) is 0.560. The molecule has 1 aliphatic heterocycles. The number of nitrogens with zero attached hydrogens (tertiary/aromatic N) is 1. The summed E-state index contributed by atoms with van der Waals surface area (Å²) in [6.07, 6.45) is 1.67. The molecule has 1 rings (SSSR count). The Morgan fingerprint density at radius 1 is 1.47 bits per heavy atom. The van der Waals surface area contributed by atoms with Gasteiger partial charge in [0.25, 0.3) is 0 Å². The smallest absolute Gasteiger partial charge is 0.188 e. The molecule has 1 heterocycles. The van der Waals surface area contributed by atoms with Crippen LogP contribution in [0.1, 0.15) is 33.6 Å². The van der Waals surface area contributed by atoms with Crippen molar-refractivity contribution in [2.45, 2.75) is 39.2 Å². The number of hydrogen-bond donors (Lipinski definition) is 2. The van der Waals surface area contributed by atoms with E-state index in [4.69, 9.17) is 5.73 Å². The Hall–Kier alpha value is -0.780. The van der Waals surface area contributed by atoms with Crippen LogP contribution in [0.5, 0.6) is 0 Å². The molecular weight excluding hydrogens is 238 g/mol. The topological polar surface area (TPSA) is 84.5 Å². The Balaban J connectivity index is 2.47. The van der Waals surface area contributed by atoms with Gasteiger partial charge in [0.05, 0.1) is 11.5 Å². The molecule has 1 unspecified atom stereocenters. The van der Waals surface area contributed by atoms with E-state index < -0.39 is 9.84 Å². The minimum Gasteiger partial charge on any atom is -0.370 e. The van der Waals surface area contributed by atoms with Gasteiger partial charge in [-0.25, -0.2) is 8.42 Å². The van der Waals surface area contributed by atoms with Gasteiger partial charge in [-0.05, 0) is 39.5 Å². The maximum atomic E-state index is 11.4. The van der Waals surface area contributed by atoms with E-state index >= 15 is 0 Å². The number of nitrogens with two attached hydrogens (primary N) is 1. The van der Waals surface area contributed by atoms with E-state index in [1.165, 1.54) is 0 Å². The summed E-state index contributed by atoms with van der Waals surface area (Å²) in [5, 5.41) is 3.06. The van der Waals surface area contributed by atoms with Gasteiger partial charge in [-0.3, -0.25) is 4.99 Å². The first-order chi connectivity index (χ1) is 7.68. The molecule has 1 saturated heterocycles. The normalized spacial score (nSPS) is 25.6. The second-order valence-corrected chi connectivity index (χ2v) is 7.95. The van der Waals surface area contributed by atoms with E-state index in [0.717, 1.165) is 12.8 Å². The van der Waals surface area contributed by atoms with Gasteiger partial charge in [0.2, 0.25) is 0 Å². The molecule has 1 atom stereocenters. The zero-order chi connectivity index (χ0) is 13.1. The van der Waals surface area contributed by atoms with Gasteiger partial charge in [-0.1, -0.05) is 0 Å². The Morgan fingerprint density at radius 2 is 2.12 bits per heavy atom. The highest BCUT2D eigenvalue weighted by Crippen LogP contribution is 2.18. The Kier molecular flexibility index (Phi) is 4.41. The van der Waals surface area contributed by atoms with Crippen LogP contribution in [0.2, 0.25) is 0 Å². The van der Waals surface area contributed by atoms with E-state index in [2.05, 4.69) is 10.3 Å². The zero-order valence-corrected chi connectivity index (χ0v) is 11.7. The number of rotatable bonds is 2. The predicted octanol–water partition coefficient (Wildman–Crippen LogP) is 0.514. The van der Waals surface area contributed by atoms with Crippen LogP contribution in [-0.2, 0) is 9.84 Å². The number of sulfone groups is 1. The molecule has 0 aliphatic carbocycles. The molecule has 0 radical (unpaired) electrons. The number of nitrogens with one attached hydrogen (secondary N) is 1. The molecule has 0 amide bonds. The van der Waals surface area contributed by atoms with Crippen LogP contribution in [0.25, 0.3) is 0 Å². The van der Waals surface area contributed by atoms with Crippen LogP contribution >= 0.6 is 0 Å². The van der Waals surface area contributed by atoms with Crippen molar-refractivity contribution in [1.29, 1.82) is 0 Å². The van der Waals surface area contributed by atoms with Gasteiger partial charge in [0.15, 0.2) is 15.8 Å². The summed E-state index contributed by atoms with van der Waals surface area (Å²) < 4.78 is 22.9. The molecule has 6 heteroatoms. The second kappa shape index (κ2) is 5.25. The van der Waals surface area contributed by atoms with Crippen molar-refractivity contribution in [1.82, 2.24) is 5.32 Å². The van der Waals surface area contributed by atoms with Gasteiger partial charge >= 0.3 is 0 Å². The number of aliphatic imine (C=N–C) groups is 1. The predicted molar refractivity (Wildman–Crippen MR) is 70.8 cm³/mol. The first kappa shape index (κ1) is 14.3. The summed E-state index contributed by atoms with van der Waals surface area (Å²) >= 11 is 0. The van der Waals surface area contributed by atoms with Gasteiger partial charge in [0.1, 0.15) is 0 Å². The highest BCUT2D eigenvalue weighted by molar-refractivity contribution is 7.91. The molecule has 5 nitrogen and oxygen atoms in total. The fourth-order valence-electron chi connectivity index (χ4n) is 1.91. The first-order valence-corrected chi connectivity index (χ1v) is 7.79.